The molecule has 0 aliphatic carbocycles. The third-order valence-corrected chi connectivity index (χ3v) is 6.98. The Balaban J connectivity index is 2.01. The molecule has 0 saturated carbocycles. The Hall–Kier alpha value is -2.57. The average Bonchev–Trinajstić information content (AvgIpc) is 2.98. The molecule has 0 atom stereocenters. The summed E-state index contributed by atoms with van der Waals surface area (Å²) in [6, 6.07) is 7.82. The molecule has 0 unspecified atom stereocenters. The van der Waals surface area contributed by atoms with E-state index >= 15 is 0 Å². The minimum atomic E-state index is -4.72. The van der Waals surface area contributed by atoms with Crippen molar-refractivity contribution in [3.05, 3.63) is 53.5 Å². The van der Waals surface area contributed by atoms with Gasteiger partial charge in [-0.15, -0.1) is 0 Å². The van der Waals surface area contributed by atoms with Gasteiger partial charge in [0.05, 0.1) is 23.4 Å². The van der Waals surface area contributed by atoms with E-state index in [1.807, 2.05) is 0 Å². The molecule has 0 spiro atoms. The van der Waals surface area contributed by atoms with E-state index in [2.05, 4.69) is 5.10 Å². The van der Waals surface area contributed by atoms with Gasteiger partial charge in [0.2, 0.25) is 10.0 Å². The molecule has 2 N–H and O–H groups in total. The van der Waals surface area contributed by atoms with E-state index < -0.39 is 27.7 Å². The molecule has 0 fully saturated rings. The van der Waals surface area contributed by atoms with Crippen LogP contribution in [0.3, 0.4) is 0 Å². The van der Waals surface area contributed by atoms with Crippen LogP contribution in [0.1, 0.15) is 11.3 Å². The maximum atomic E-state index is 14.9. The van der Waals surface area contributed by atoms with Crippen LogP contribution >= 0.6 is 11.8 Å². The van der Waals surface area contributed by atoms with E-state index in [4.69, 9.17) is 9.88 Å². The third kappa shape index (κ3) is 3.79. The number of aromatic nitrogens is 2. The van der Waals surface area contributed by atoms with E-state index in [-0.39, 0.29) is 50.2 Å². The molecule has 12 heteroatoms. The fourth-order valence-corrected chi connectivity index (χ4v) is 5.16. The summed E-state index contributed by atoms with van der Waals surface area (Å²) in [4.78, 5) is 0.0226. The minimum Gasteiger partial charge on any atom is -0.494 e. The Morgan fingerprint density at radius 3 is 2.42 bits per heavy atom. The van der Waals surface area contributed by atoms with E-state index in [9.17, 15) is 26.0 Å². The Labute approximate surface area is 179 Å². The van der Waals surface area contributed by atoms with Crippen LogP contribution in [0.4, 0.5) is 17.6 Å². The van der Waals surface area contributed by atoms with E-state index in [1.165, 1.54) is 43.5 Å². The second-order valence-corrected chi connectivity index (χ2v) is 9.51. The first-order valence-electron chi connectivity index (χ1n) is 8.89. The van der Waals surface area contributed by atoms with Gasteiger partial charge in [0.25, 0.3) is 0 Å². The lowest BCUT2D eigenvalue weighted by atomic mass is 10.0. The molecule has 165 valence electrons. The second kappa shape index (κ2) is 7.53. The summed E-state index contributed by atoms with van der Waals surface area (Å²) in [6.07, 6.45) is -4.68. The number of nitrogens with two attached hydrogens (primary N) is 1. The molecular formula is C19H16F4N3O3S2. The number of methoxy groups -OCH3 is 1. The number of ether oxygens (including phenoxy) is 1. The van der Waals surface area contributed by atoms with Crippen molar-refractivity contribution in [3.63, 3.8) is 0 Å². The standard InChI is InChI=1S/C19H16F4N3O3S2/c1-29-14-7-6-12-16-13(8-9-30-17(12)15(14)20)18(19(21,22)23)25-26(16)10-2-4-11(5-3-10)31(24,27)28/h2-7,30H,8-9H2,1H3,(H2,24,27,28). The van der Waals surface area contributed by atoms with Crippen molar-refractivity contribution < 1.29 is 30.7 Å². The predicted octanol–water partition coefficient (Wildman–Crippen LogP) is 3.73. The third-order valence-electron chi connectivity index (χ3n) is 4.85. The monoisotopic (exact) mass is 474 g/mol. The molecule has 0 bridgehead atoms. The lowest BCUT2D eigenvalue weighted by Crippen LogP contribution is -2.12. The molecule has 0 amide bonds. The molecule has 2 aromatic carbocycles. The predicted molar refractivity (Wildman–Crippen MR) is 108 cm³/mol. The van der Waals surface area contributed by atoms with E-state index in [0.717, 1.165) is 4.68 Å². The van der Waals surface area contributed by atoms with Gasteiger partial charge in [-0.2, -0.15) is 30.0 Å². The Morgan fingerprint density at radius 1 is 1.16 bits per heavy atom. The summed E-state index contributed by atoms with van der Waals surface area (Å²) >= 11 is 0.519. The summed E-state index contributed by atoms with van der Waals surface area (Å²) in [5.41, 5.74) is -0.542. The minimum absolute atomic E-state index is 0.00526. The molecule has 1 radical (unpaired) electrons. The van der Waals surface area contributed by atoms with Gasteiger partial charge in [0.1, 0.15) is 0 Å². The highest BCUT2D eigenvalue weighted by molar-refractivity contribution is 7.99. The van der Waals surface area contributed by atoms with Gasteiger partial charge in [-0.05, 0) is 48.6 Å². The highest BCUT2D eigenvalue weighted by atomic mass is 32.2. The summed E-state index contributed by atoms with van der Waals surface area (Å²) in [5, 5.41) is 8.88. The van der Waals surface area contributed by atoms with Crippen molar-refractivity contribution in [3.8, 4) is 22.7 Å². The number of thiol groups is 1. The zero-order chi connectivity index (χ0) is 22.6. The van der Waals surface area contributed by atoms with Crippen molar-refractivity contribution in [1.29, 1.82) is 0 Å². The number of hydrogen-bond acceptors (Lipinski definition) is 4. The van der Waals surface area contributed by atoms with Crippen LogP contribution in [-0.2, 0) is 22.6 Å². The number of alkyl halides is 3. The SMILES string of the molecule is COc1ccc2c(c1F)[SH]CCc1c(C(F)(F)F)nn(-c3ccc(S(N)(=O)=O)cc3)c1-2. The lowest BCUT2D eigenvalue weighted by Gasteiger charge is -2.14. The molecule has 0 saturated heterocycles. The van der Waals surface area contributed by atoms with Crippen molar-refractivity contribution in [2.24, 2.45) is 5.14 Å². The summed E-state index contributed by atoms with van der Waals surface area (Å²) in [6.45, 7) is 0. The molecule has 1 aliphatic heterocycles. The number of hydrogen-bond donors (Lipinski definition) is 2. The molecule has 31 heavy (non-hydrogen) atoms. The zero-order valence-electron chi connectivity index (χ0n) is 15.9. The first kappa shape index (κ1) is 21.7. The normalized spacial score (nSPS) is 14.0. The van der Waals surface area contributed by atoms with Crippen LogP contribution in [0.2, 0.25) is 0 Å². The lowest BCUT2D eigenvalue weighted by molar-refractivity contribution is -0.141. The van der Waals surface area contributed by atoms with Gasteiger partial charge < -0.3 is 4.74 Å². The molecule has 1 aromatic heterocycles. The largest absolute Gasteiger partial charge is 0.494 e. The molecule has 2 heterocycles. The Bertz CT molecular complexity index is 1270. The quantitative estimate of drug-likeness (QED) is 0.447. The van der Waals surface area contributed by atoms with Crippen LogP contribution < -0.4 is 9.88 Å². The number of benzene rings is 2. The number of nitrogens with zero attached hydrogens (tertiary/aromatic N) is 2. The smallest absolute Gasteiger partial charge is 0.435 e. The molecule has 1 aliphatic rings. The molecule has 4 rings (SSSR count). The van der Waals surface area contributed by atoms with Crippen LogP contribution in [0.5, 0.6) is 5.75 Å². The summed E-state index contributed by atoms with van der Waals surface area (Å²) in [5.74, 6) is -0.377. The van der Waals surface area contributed by atoms with Crippen molar-refractivity contribution in [2.45, 2.75) is 22.4 Å². The molecule has 6 nitrogen and oxygen atoms in total. The van der Waals surface area contributed by atoms with Crippen LogP contribution in [0.15, 0.2) is 46.2 Å². The number of primary sulfonamides is 1. The van der Waals surface area contributed by atoms with Crippen LogP contribution in [-0.4, -0.2) is 31.1 Å². The van der Waals surface area contributed by atoms with Crippen LogP contribution in [0.25, 0.3) is 16.9 Å². The Kier molecular flexibility index (Phi) is 5.26. The van der Waals surface area contributed by atoms with Gasteiger partial charge in [-0.25, -0.2) is 22.6 Å². The topological polar surface area (TPSA) is 87.2 Å². The first-order chi connectivity index (χ1) is 14.5. The van der Waals surface area contributed by atoms with Gasteiger partial charge in [0.15, 0.2) is 17.3 Å². The highest BCUT2D eigenvalue weighted by Crippen LogP contribution is 2.46. The molecular weight excluding hydrogens is 458 g/mol. The first-order valence-corrected chi connectivity index (χ1v) is 11.5. The fraction of sp³-hybridized carbons (Fsp3) is 0.211. The number of sulfonamides is 1. The van der Waals surface area contributed by atoms with Gasteiger partial charge in [-0.3, -0.25) is 0 Å². The van der Waals surface area contributed by atoms with Gasteiger partial charge >= 0.3 is 6.18 Å². The molecule has 3 aromatic rings. The number of rotatable bonds is 3. The maximum absolute atomic E-state index is 14.9. The van der Waals surface area contributed by atoms with E-state index in [0.29, 0.717) is 11.8 Å². The van der Waals surface area contributed by atoms with Crippen LogP contribution in [0, 0.1) is 5.82 Å². The fourth-order valence-electron chi connectivity index (χ4n) is 3.48. The van der Waals surface area contributed by atoms with Gasteiger partial charge in [-0.1, -0.05) is 0 Å². The zero-order valence-corrected chi connectivity index (χ0v) is 17.7. The van der Waals surface area contributed by atoms with Crippen molar-refractivity contribution in [2.75, 3.05) is 12.9 Å². The van der Waals surface area contributed by atoms with E-state index in [1.54, 1.807) is 0 Å². The summed E-state index contributed by atoms with van der Waals surface area (Å²) in [7, 11) is -2.67. The second-order valence-electron chi connectivity index (χ2n) is 6.73. The van der Waals surface area contributed by atoms with Gasteiger partial charge in [0, 0.05) is 16.0 Å². The Morgan fingerprint density at radius 2 is 1.84 bits per heavy atom. The maximum Gasteiger partial charge on any atom is 0.435 e. The van der Waals surface area contributed by atoms with Crippen molar-refractivity contribution >= 4 is 21.8 Å². The summed E-state index contributed by atoms with van der Waals surface area (Å²) < 4.78 is 85.3. The number of fused-ring (bicyclic) bond motifs is 3. The average molecular weight is 474 g/mol. The highest BCUT2D eigenvalue weighted by Gasteiger charge is 2.40. The number of halogens is 4. The van der Waals surface area contributed by atoms with Crippen molar-refractivity contribution in [1.82, 2.24) is 9.78 Å².